The molecule has 2 fully saturated rings. The number of aromatic nitrogens is 4. The first-order valence-electron chi connectivity index (χ1n) is 9.96. The minimum atomic E-state index is -2.77. The monoisotopic (exact) mass is 404 g/mol. The van der Waals surface area contributed by atoms with Crippen molar-refractivity contribution in [2.24, 2.45) is 5.92 Å². The molecule has 3 aliphatic rings. The van der Waals surface area contributed by atoms with Gasteiger partial charge >= 0.3 is 6.55 Å². The Morgan fingerprint density at radius 1 is 1.21 bits per heavy atom. The maximum absolute atomic E-state index is 13.0. The first kappa shape index (κ1) is 18.3. The fraction of sp³-hybridized carbons (Fsp3) is 0.579. The van der Waals surface area contributed by atoms with Crippen molar-refractivity contribution in [1.29, 1.82) is 0 Å². The SMILES string of the molecule is O=C(c1ccn(C(F)F)n1)N1CCC2(CC1)c1nc[nH]c1CCN2C(=O)C1CC1. The van der Waals surface area contributed by atoms with Crippen LogP contribution in [0.4, 0.5) is 8.78 Å². The van der Waals surface area contributed by atoms with Gasteiger partial charge in [0.2, 0.25) is 5.91 Å². The van der Waals surface area contributed by atoms with Gasteiger partial charge in [0.05, 0.1) is 17.6 Å². The fourth-order valence-corrected chi connectivity index (χ4v) is 4.66. The van der Waals surface area contributed by atoms with E-state index in [4.69, 9.17) is 0 Å². The molecule has 2 aliphatic heterocycles. The van der Waals surface area contributed by atoms with Crippen LogP contribution in [0.3, 0.4) is 0 Å². The highest BCUT2D eigenvalue weighted by Crippen LogP contribution is 2.45. The molecule has 29 heavy (non-hydrogen) atoms. The van der Waals surface area contributed by atoms with Gasteiger partial charge in [0.15, 0.2) is 5.69 Å². The zero-order valence-electron chi connectivity index (χ0n) is 15.9. The van der Waals surface area contributed by atoms with Crippen LogP contribution in [0.25, 0.3) is 0 Å². The molecule has 1 aliphatic carbocycles. The van der Waals surface area contributed by atoms with E-state index in [1.807, 2.05) is 4.90 Å². The highest BCUT2D eigenvalue weighted by molar-refractivity contribution is 5.92. The second-order valence-corrected chi connectivity index (χ2v) is 8.03. The summed E-state index contributed by atoms with van der Waals surface area (Å²) in [5, 5.41) is 3.68. The lowest BCUT2D eigenvalue weighted by atomic mass is 9.78. The third-order valence-corrected chi connectivity index (χ3v) is 6.36. The van der Waals surface area contributed by atoms with Crippen molar-refractivity contribution in [2.45, 2.75) is 44.2 Å². The predicted molar refractivity (Wildman–Crippen MR) is 97.0 cm³/mol. The Balaban J connectivity index is 1.38. The van der Waals surface area contributed by atoms with E-state index in [-0.39, 0.29) is 23.4 Å². The second-order valence-electron chi connectivity index (χ2n) is 8.03. The Morgan fingerprint density at radius 3 is 2.62 bits per heavy atom. The Kier molecular flexibility index (Phi) is 4.18. The fourth-order valence-electron chi connectivity index (χ4n) is 4.66. The second kappa shape index (κ2) is 6.64. The summed E-state index contributed by atoms with van der Waals surface area (Å²) in [4.78, 5) is 37.1. The van der Waals surface area contributed by atoms with E-state index in [0.29, 0.717) is 37.2 Å². The number of nitrogens with zero attached hydrogens (tertiary/aromatic N) is 5. The predicted octanol–water partition coefficient (Wildman–Crippen LogP) is 1.93. The summed E-state index contributed by atoms with van der Waals surface area (Å²) in [6.07, 6.45) is 6.56. The van der Waals surface area contributed by atoms with E-state index in [1.165, 1.54) is 6.07 Å². The van der Waals surface area contributed by atoms with Crippen molar-refractivity contribution < 1.29 is 18.4 Å². The van der Waals surface area contributed by atoms with Crippen LogP contribution in [0.15, 0.2) is 18.6 Å². The summed E-state index contributed by atoms with van der Waals surface area (Å²) >= 11 is 0. The molecule has 1 saturated carbocycles. The average Bonchev–Trinajstić information content (AvgIpc) is 3.25. The number of piperidine rings is 1. The Labute approximate surface area is 165 Å². The standard InChI is InChI=1S/C19H22F2N6O2/c20-18(21)27-8-4-14(24-27)17(29)25-9-5-19(6-10-25)15-13(22-11-23-15)3-7-26(19)16(28)12-1-2-12/h4,8,11-12,18H,1-3,5-7,9-10H2,(H,22,23). The van der Waals surface area contributed by atoms with Crippen LogP contribution >= 0.6 is 0 Å². The summed E-state index contributed by atoms with van der Waals surface area (Å²) in [5.41, 5.74) is 1.47. The highest BCUT2D eigenvalue weighted by atomic mass is 19.3. The number of hydrogen-bond donors (Lipinski definition) is 1. The number of imidazole rings is 1. The number of fused-ring (bicyclic) bond motifs is 2. The lowest BCUT2D eigenvalue weighted by Gasteiger charge is -2.50. The van der Waals surface area contributed by atoms with Gasteiger partial charge in [-0.25, -0.2) is 9.67 Å². The first-order valence-corrected chi connectivity index (χ1v) is 9.96. The third-order valence-electron chi connectivity index (χ3n) is 6.36. The maximum Gasteiger partial charge on any atom is 0.333 e. The van der Waals surface area contributed by atoms with Gasteiger partial charge in [-0.05, 0) is 31.7 Å². The normalized spacial score (nSPS) is 20.9. The van der Waals surface area contributed by atoms with E-state index in [9.17, 15) is 18.4 Å². The average molecular weight is 404 g/mol. The van der Waals surface area contributed by atoms with Crippen molar-refractivity contribution in [1.82, 2.24) is 29.5 Å². The molecule has 8 nitrogen and oxygen atoms in total. The molecule has 0 unspecified atom stereocenters. The van der Waals surface area contributed by atoms with Gasteiger partial charge in [-0.3, -0.25) is 9.59 Å². The molecule has 0 bridgehead atoms. The molecule has 0 aromatic carbocycles. The highest BCUT2D eigenvalue weighted by Gasteiger charge is 2.51. The number of H-pyrrole nitrogens is 1. The van der Waals surface area contributed by atoms with Gasteiger partial charge in [0, 0.05) is 43.9 Å². The van der Waals surface area contributed by atoms with Crippen LogP contribution in [-0.4, -0.2) is 61.0 Å². The number of carbonyl (C=O) groups excluding carboxylic acids is 2. The molecule has 154 valence electrons. The number of aromatic amines is 1. The zero-order chi connectivity index (χ0) is 20.2. The van der Waals surface area contributed by atoms with E-state index in [0.717, 1.165) is 36.8 Å². The summed E-state index contributed by atoms with van der Waals surface area (Å²) in [6, 6.07) is 1.31. The van der Waals surface area contributed by atoms with E-state index >= 15 is 0 Å². The quantitative estimate of drug-likeness (QED) is 0.847. The third kappa shape index (κ3) is 2.92. The number of alkyl halides is 2. The van der Waals surface area contributed by atoms with Crippen molar-refractivity contribution in [3.05, 3.63) is 35.7 Å². The van der Waals surface area contributed by atoms with Crippen LogP contribution < -0.4 is 0 Å². The van der Waals surface area contributed by atoms with Gasteiger partial charge in [0.1, 0.15) is 0 Å². The molecular weight excluding hydrogens is 382 g/mol. The first-order chi connectivity index (χ1) is 14.0. The van der Waals surface area contributed by atoms with Gasteiger partial charge in [-0.2, -0.15) is 13.9 Å². The summed E-state index contributed by atoms with van der Waals surface area (Å²) in [5.74, 6) is -0.0585. The van der Waals surface area contributed by atoms with E-state index < -0.39 is 12.1 Å². The lowest BCUT2D eigenvalue weighted by Crippen LogP contribution is -2.59. The number of carbonyl (C=O) groups is 2. The molecule has 0 atom stereocenters. The lowest BCUT2D eigenvalue weighted by molar-refractivity contribution is -0.143. The number of hydrogen-bond acceptors (Lipinski definition) is 4. The number of nitrogens with one attached hydrogen (secondary N) is 1. The number of likely N-dealkylation sites (tertiary alicyclic amines) is 1. The Morgan fingerprint density at radius 2 is 1.97 bits per heavy atom. The summed E-state index contributed by atoms with van der Waals surface area (Å²) in [6.45, 7) is -1.29. The molecular formula is C19H22F2N6O2. The molecule has 0 radical (unpaired) electrons. The minimum absolute atomic E-state index is 0.0104. The van der Waals surface area contributed by atoms with Crippen LogP contribution in [0.2, 0.25) is 0 Å². The molecule has 4 heterocycles. The van der Waals surface area contributed by atoms with E-state index in [1.54, 1.807) is 11.2 Å². The van der Waals surface area contributed by atoms with Gasteiger partial charge in [-0.1, -0.05) is 0 Å². The van der Waals surface area contributed by atoms with Crippen LogP contribution in [0.1, 0.15) is 54.1 Å². The molecule has 2 aromatic heterocycles. The smallest absolute Gasteiger partial charge is 0.333 e. The number of amides is 2. The van der Waals surface area contributed by atoms with Crippen LogP contribution in [0, 0.1) is 5.92 Å². The minimum Gasteiger partial charge on any atom is -0.348 e. The summed E-state index contributed by atoms with van der Waals surface area (Å²) < 4.78 is 26.0. The molecule has 2 amide bonds. The Hall–Kier alpha value is -2.78. The van der Waals surface area contributed by atoms with Crippen molar-refractivity contribution >= 4 is 11.8 Å². The Bertz CT molecular complexity index is 942. The van der Waals surface area contributed by atoms with Crippen LogP contribution in [-0.2, 0) is 16.8 Å². The molecule has 10 heteroatoms. The molecule has 1 spiro atoms. The van der Waals surface area contributed by atoms with Gasteiger partial charge in [0.25, 0.3) is 5.91 Å². The topological polar surface area (TPSA) is 87.1 Å². The summed E-state index contributed by atoms with van der Waals surface area (Å²) in [7, 11) is 0. The maximum atomic E-state index is 13.0. The number of rotatable bonds is 3. The van der Waals surface area contributed by atoms with Gasteiger partial charge in [-0.15, -0.1) is 0 Å². The van der Waals surface area contributed by atoms with Crippen molar-refractivity contribution in [3.8, 4) is 0 Å². The largest absolute Gasteiger partial charge is 0.348 e. The molecule has 1 N–H and O–H groups in total. The zero-order valence-corrected chi connectivity index (χ0v) is 15.9. The van der Waals surface area contributed by atoms with E-state index in [2.05, 4.69) is 15.1 Å². The number of halogens is 2. The molecule has 1 saturated heterocycles. The van der Waals surface area contributed by atoms with Crippen molar-refractivity contribution in [2.75, 3.05) is 19.6 Å². The van der Waals surface area contributed by atoms with Gasteiger partial charge < -0.3 is 14.8 Å². The molecule has 2 aromatic rings. The van der Waals surface area contributed by atoms with Crippen LogP contribution in [0.5, 0.6) is 0 Å². The molecule has 5 rings (SSSR count). The van der Waals surface area contributed by atoms with Crippen molar-refractivity contribution in [3.63, 3.8) is 0 Å².